The summed E-state index contributed by atoms with van der Waals surface area (Å²) in [6.07, 6.45) is 4.23. The van der Waals surface area contributed by atoms with Crippen molar-refractivity contribution in [3.63, 3.8) is 0 Å². The topological polar surface area (TPSA) is 65.1 Å². The quantitative estimate of drug-likeness (QED) is 0.113. The van der Waals surface area contributed by atoms with Crippen molar-refractivity contribution in [2.75, 3.05) is 20.7 Å². The maximum absolute atomic E-state index is 12.4. The van der Waals surface area contributed by atoms with Crippen LogP contribution in [0.1, 0.15) is 82.9 Å². The average Bonchev–Trinajstić information content (AvgIpc) is 3.00. The van der Waals surface area contributed by atoms with Crippen LogP contribution in [-0.4, -0.2) is 49.2 Å². The SMILES string of the molecule is COC(=O)C(CCCCCC(=O)OC(C)(C)C)Oc1ccc(CCCN(C)C(C)(c2ccc(Cl)cc2)c2ccc(Cl)cc2)cc1. The molecule has 0 radical (unpaired) electrons. The lowest BCUT2D eigenvalue weighted by molar-refractivity contribution is -0.155. The molecule has 0 spiro atoms. The lowest BCUT2D eigenvalue weighted by Crippen LogP contribution is -2.42. The number of carbonyl (C=O) groups is 2. The van der Waals surface area contributed by atoms with Crippen molar-refractivity contribution in [1.82, 2.24) is 4.90 Å². The van der Waals surface area contributed by atoms with E-state index in [1.165, 1.54) is 12.7 Å². The van der Waals surface area contributed by atoms with Gasteiger partial charge in [-0.25, -0.2) is 4.79 Å². The summed E-state index contributed by atoms with van der Waals surface area (Å²) in [7, 11) is 3.51. The minimum atomic E-state index is -0.700. The summed E-state index contributed by atoms with van der Waals surface area (Å²) in [6, 6.07) is 23.9. The smallest absolute Gasteiger partial charge is 0.347 e. The molecule has 0 N–H and O–H groups in total. The molecule has 3 aromatic carbocycles. The van der Waals surface area contributed by atoms with Crippen molar-refractivity contribution in [3.05, 3.63) is 99.5 Å². The molecular weight excluding hydrogens is 609 g/mol. The monoisotopic (exact) mass is 655 g/mol. The van der Waals surface area contributed by atoms with Gasteiger partial charge in [-0.3, -0.25) is 9.69 Å². The third-order valence-corrected chi connectivity index (χ3v) is 8.47. The van der Waals surface area contributed by atoms with Gasteiger partial charge in [-0.2, -0.15) is 0 Å². The molecule has 0 bridgehead atoms. The maximum atomic E-state index is 12.4. The van der Waals surface area contributed by atoms with E-state index in [4.69, 9.17) is 37.4 Å². The first-order valence-electron chi connectivity index (χ1n) is 15.6. The van der Waals surface area contributed by atoms with E-state index in [2.05, 4.69) is 43.1 Å². The number of methoxy groups -OCH3 is 1. The van der Waals surface area contributed by atoms with Crippen LogP contribution in [0, 0.1) is 0 Å². The highest BCUT2D eigenvalue weighted by Crippen LogP contribution is 2.36. The number of benzene rings is 3. The van der Waals surface area contributed by atoms with Gasteiger partial charge in [-0.1, -0.05) is 66.0 Å². The Kier molecular flexibility index (Phi) is 13.8. The largest absolute Gasteiger partial charge is 0.479 e. The molecule has 0 aliphatic heterocycles. The fraction of sp³-hybridized carbons (Fsp3) is 0.459. The Morgan fingerprint density at radius 2 is 1.33 bits per heavy atom. The van der Waals surface area contributed by atoms with Gasteiger partial charge in [0, 0.05) is 16.5 Å². The van der Waals surface area contributed by atoms with Crippen LogP contribution in [0.15, 0.2) is 72.8 Å². The van der Waals surface area contributed by atoms with Crippen molar-refractivity contribution in [1.29, 1.82) is 0 Å². The second-order valence-corrected chi connectivity index (χ2v) is 13.4. The number of nitrogens with zero attached hydrogens (tertiary/aromatic N) is 1. The van der Waals surface area contributed by atoms with Crippen LogP contribution in [0.25, 0.3) is 0 Å². The Labute approximate surface area is 279 Å². The molecule has 1 unspecified atom stereocenters. The Bertz CT molecular complexity index is 1310. The minimum absolute atomic E-state index is 0.202. The van der Waals surface area contributed by atoms with Crippen LogP contribution >= 0.6 is 23.2 Å². The number of carbonyl (C=O) groups excluding carboxylic acids is 2. The van der Waals surface area contributed by atoms with Gasteiger partial charge in [0.25, 0.3) is 0 Å². The third-order valence-electron chi connectivity index (χ3n) is 7.97. The van der Waals surface area contributed by atoms with E-state index in [9.17, 15) is 9.59 Å². The van der Waals surface area contributed by atoms with Crippen LogP contribution in [0.4, 0.5) is 0 Å². The van der Waals surface area contributed by atoms with Gasteiger partial charge in [0.15, 0.2) is 6.10 Å². The second kappa shape index (κ2) is 17.0. The summed E-state index contributed by atoms with van der Waals surface area (Å²) < 4.78 is 16.4. The molecule has 0 saturated heterocycles. The third kappa shape index (κ3) is 11.4. The van der Waals surface area contributed by atoms with Crippen molar-refractivity contribution >= 4 is 35.1 Å². The van der Waals surface area contributed by atoms with Crippen molar-refractivity contribution in [2.24, 2.45) is 0 Å². The number of hydrogen-bond acceptors (Lipinski definition) is 6. The molecule has 0 heterocycles. The van der Waals surface area contributed by atoms with E-state index in [1.54, 1.807) is 0 Å². The normalized spacial score (nSPS) is 12.6. The molecule has 244 valence electrons. The van der Waals surface area contributed by atoms with Gasteiger partial charge < -0.3 is 14.2 Å². The van der Waals surface area contributed by atoms with Crippen molar-refractivity contribution < 1.29 is 23.8 Å². The lowest BCUT2D eigenvalue weighted by atomic mass is 9.83. The zero-order valence-electron chi connectivity index (χ0n) is 27.4. The number of hydrogen-bond donors (Lipinski definition) is 0. The molecule has 3 rings (SSSR count). The summed E-state index contributed by atoms with van der Waals surface area (Å²) in [4.78, 5) is 26.7. The first-order chi connectivity index (χ1) is 21.3. The van der Waals surface area contributed by atoms with Gasteiger partial charge >= 0.3 is 11.9 Å². The molecule has 0 aliphatic carbocycles. The number of rotatable bonds is 16. The summed E-state index contributed by atoms with van der Waals surface area (Å²) in [5.74, 6) is 0.0175. The molecule has 8 heteroatoms. The number of halogens is 2. The van der Waals surface area contributed by atoms with Crippen LogP contribution in [-0.2, 0) is 31.0 Å². The van der Waals surface area contributed by atoms with Crippen molar-refractivity contribution in [3.8, 4) is 5.75 Å². The fourth-order valence-electron chi connectivity index (χ4n) is 5.32. The van der Waals surface area contributed by atoms with E-state index >= 15 is 0 Å². The number of aryl methyl sites for hydroxylation is 1. The van der Waals surface area contributed by atoms with E-state index in [0.717, 1.165) is 43.4 Å². The van der Waals surface area contributed by atoms with E-state index in [0.29, 0.717) is 35.1 Å². The number of ether oxygens (including phenoxy) is 3. The second-order valence-electron chi connectivity index (χ2n) is 12.6. The summed E-state index contributed by atoms with van der Waals surface area (Å²) in [5, 5.41) is 1.42. The highest BCUT2D eigenvalue weighted by molar-refractivity contribution is 6.30. The Hall–Kier alpha value is -3.06. The molecule has 0 saturated carbocycles. The average molecular weight is 657 g/mol. The summed E-state index contributed by atoms with van der Waals surface area (Å²) in [5.41, 5.74) is 2.64. The highest BCUT2D eigenvalue weighted by Gasteiger charge is 2.33. The Balaban J connectivity index is 1.54. The minimum Gasteiger partial charge on any atom is -0.479 e. The molecule has 45 heavy (non-hydrogen) atoms. The first-order valence-corrected chi connectivity index (χ1v) is 16.4. The predicted molar refractivity (Wildman–Crippen MR) is 182 cm³/mol. The molecule has 3 aromatic rings. The molecule has 0 aliphatic rings. The van der Waals surface area contributed by atoms with Gasteiger partial charge in [-0.15, -0.1) is 0 Å². The standard InChI is InChI=1S/C37H47Cl2NO5/c1-36(2,3)45-34(41)13-9-7-8-12-33(35(42)43-6)44-32-24-14-27(15-25-32)11-10-26-40(5)37(4,28-16-20-30(38)21-17-28)29-18-22-31(39)23-19-29/h14-25,33H,7-13,26H2,1-6H3. The van der Waals surface area contributed by atoms with Gasteiger partial charge in [0.2, 0.25) is 0 Å². The zero-order valence-corrected chi connectivity index (χ0v) is 28.9. The van der Waals surface area contributed by atoms with Crippen LogP contribution in [0.2, 0.25) is 10.0 Å². The van der Waals surface area contributed by atoms with Crippen molar-refractivity contribution in [2.45, 2.75) is 89.9 Å². The molecule has 0 amide bonds. The molecule has 6 nitrogen and oxygen atoms in total. The zero-order chi connectivity index (χ0) is 33.0. The molecule has 0 aromatic heterocycles. The predicted octanol–water partition coefficient (Wildman–Crippen LogP) is 9.03. The van der Waals surface area contributed by atoms with Gasteiger partial charge in [0.1, 0.15) is 11.4 Å². The fourth-order valence-corrected chi connectivity index (χ4v) is 5.58. The maximum Gasteiger partial charge on any atom is 0.347 e. The summed E-state index contributed by atoms with van der Waals surface area (Å²) in [6.45, 7) is 8.66. The van der Waals surface area contributed by atoms with Gasteiger partial charge in [0.05, 0.1) is 12.6 Å². The van der Waals surface area contributed by atoms with Crippen LogP contribution < -0.4 is 4.74 Å². The van der Waals surface area contributed by atoms with Gasteiger partial charge in [-0.05, 0) is 126 Å². The van der Waals surface area contributed by atoms with E-state index in [1.807, 2.05) is 69.3 Å². The van der Waals surface area contributed by atoms with Crippen LogP contribution in [0.3, 0.4) is 0 Å². The lowest BCUT2D eigenvalue weighted by Gasteiger charge is -2.40. The Morgan fingerprint density at radius 1 is 0.778 bits per heavy atom. The molecule has 0 fully saturated rings. The highest BCUT2D eigenvalue weighted by atomic mass is 35.5. The number of esters is 2. The van der Waals surface area contributed by atoms with E-state index in [-0.39, 0.29) is 11.5 Å². The van der Waals surface area contributed by atoms with Crippen LogP contribution in [0.5, 0.6) is 5.75 Å². The molecule has 1 atom stereocenters. The number of unbranched alkanes of at least 4 members (excludes halogenated alkanes) is 2. The summed E-state index contributed by atoms with van der Waals surface area (Å²) >= 11 is 12.4. The van der Waals surface area contributed by atoms with E-state index < -0.39 is 17.7 Å². The first kappa shape index (κ1) is 36.4. The molecular formula is C37H47Cl2NO5. The Morgan fingerprint density at radius 3 is 1.84 bits per heavy atom.